The van der Waals surface area contributed by atoms with Gasteiger partial charge in [0.05, 0.1) is 13.2 Å². The highest BCUT2D eigenvalue weighted by Crippen LogP contribution is 2.25. The van der Waals surface area contributed by atoms with E-state index in [-0.39, 0.29) is 13.3 Å². The van der Waals surface area contributed by atoms with Gasteiger partial charge in [-0.1, -0.05) is 43.8 Å². The van der Waals surface area contributed by atoms with Crippen LogP contribution in [0.25, 0.3) is 0 Å². The van der Waals surface area contributed by atoms with Crippen LogP contribution in [0.4, 0.5) is 9.59 Å². The molecule has 3 amide bonds. The van der Waals surface area contributed by atoms with E-state index in [4.69, 9.17) is 39.1 Å². The molecule has 2 atom stereocenters. The Labute approximate surface area is 375 Å². The number of nitrogens with one attached hydrogen (secondary N) is 3. The largest absolute Gasteiger partial charge is 0.491 e. The maximum Gasteiger partial charge on any atom is 0.491 e. The molecule has 19 heteroatoms. The zero-order valence-electron chi connectivity index (χ0n) is 36.7. The van der Waals surface area contributed by atoms with Gasteiger partial charge >= 0.3 is 32.4 Å². The molecule has 2 aliphatic rings. The summed E-state index contributed by atoms with van der Waals surface area (Å²) in [5.41, 5.74) is 9.70. The van der Waals surface area contributed by atoms with Crippen molar-refractivity contribution in [2.24, 2.45) is 5.73 Å². The van der Waals surface area contributed by atoms with E-state index in [9.17, 15) is 29.2 Å². The first-order valence-corrected chi connectivity index (χ1v) is 20.2. The number of hydrogen-bond acceptors (Lipinski definition) is 13. The van der Waals surface area contributed by atoms with E-state index in [0.29, 0.717) is 37.8 Å². The smallest absolute Gasteiger partial charge is 0.480 e. The molecule has 0 fully saturated rings. The van der Waals surface area contributed by atoms with Gasteiger partial charge in [-0.05, 0) is 137 Å². The number of fused-ring (bicyclic) bond motifs is 2. The minimum Gasteiger partial charge on any atom is -0.480 e. The summed E-state index contributed by atoms with van der Waals surface area (Å²) in [7, 11) is -1.69. The number of hydrogen-bond donors (Lipinski definition) is 7. The van der Waals surface area contributed by atoms with Gasteiger partial charge in [0.15, 0.2) is 0 Å². The monoisotopic (exact) mass is 886 g/mol. The fraction of sp³-hybridized carbons (Fsp3) is 0.378. The lowest BCUT2D eigenvalue weighted by atomic mass is 9.80. The van der Waals surface area contributed by atoms with Crippen LogP contribution >= 0.6 is 0 Å². The maximum atomic E-state index is 12.2. The molecule has 4 aromatic rings. The van der Waals surface area contributed by atoms with Gasteiger partial charge in [-0.25, -0.2) is 9.59 Å². The van der Waals surface area contributed by atoms with Gasteiger partial charge in [0, 0.05) is 13.1 Å². The number of benzene rings is 4. The standard InChI is InChI=1S/C22H27BN2O6.C14H14BNO3.C8H15NO4.CH4/c1-14(25-21(27)31-22(2,3)4)20(26)24-12-15-5-7-17(8-6-15)30-18-9-10-19-16(11-18)13-29-23(19)28;16-8-10-1-3-12(4-2-10)19-13-5-6-14-11(7-13)9-18-15(14)17;1-5(6(10)11)9-7(12)13-8(2,3)4;/h5-11,14,28H,12-13H2,1-4H3,(H,24,26)(H,25,27);1-7,17H,8-9,16H2;5H,1-4H3,(H,9,12)(H,10,11);1H4. The molecule has 6 rings (SSSR count). The molecular formula is C45H60B2N4O13. The summed E-state index contributed by atoms with van der Waals surface area (Å²) in [5.74, 6) is 1.39. The van der Waals surface area contributed by atoms with Crippen molar-refractivity contribution in [2.75, 3.05) is 0 Å². The Morgan fingerprint density at radius 2 is 1.05 bits per heavy atom. The quantitative estimate of drug-likeness (QED) is 0.0981. The van der Waals surface area contributed by atoms with E-state index in [1.54, 1.807) is 60.6 Å². The summed E-state index contributed by atoms with van der Waals surface area (Å²) in [4.78, 5) is 45.3. The molecule has 8 N–H and O–H groups in total. The normalized spacial score (nSPS) is 13.4. The van der Waals surface area contributed by atoms with Gasteiger partial charge in [0.1, 0.15) is 46.3 Å². The summed E-state index contributed by atoms with van der Waals surface area (Å²) in [6, 6.07) is 24.3. The summed E-state index contributed by atoms with van der Waals surface area (Å²) in [6.07, 6.45) is -1.35. The van der Waals surface area contributed by atoms with Crippen LogP contribution in [0, 0.1) is 0 Å². The molecule has 2 aliphatic heterocycles. The van der Waals surface area contributed by atoms with Crippen LogP contribution in [0.2, 0.25) is 0 Å². The number of rotatable bonds is 11. The van der Waals surface area contributed by atoms with Crippen LogP contribution in [0.5, 0.6) is 23.0 Å². The fourth-order valence-corrected chi connectivity index (χ4v) is 5.62. The number of ether oxygens (including phenoxy) is 4. The second-order valence-electron chi connectivity index (χ2n) is 16.5. The Hall–Kier alpha value is -6.11. The second-order valence-corrected chi connectivity index (χ2v) is 16.5. The lowest BCUT2D eigenvalue weighted by molar-refractivity contribution is -0.139. The first-order valence-electron chi connectivity index (χ1n) is 20.2. The Bertz CT molecular complexity index is 2180. The highest BCUT2D eigenvalue weighted by molar-refractivity contribution is 6.62. The Balaban J connectivity index is 0.000000281. The SMILES string of the molecule is C.CC(NC(=O)OC(C)(C)C)C(=O)NCc1ccc(Oc2ccc3c(c2)COB3O)cc1.CC(NC(=O)OC(C)(C)C)C(=O)O.NCc1ccc(Oc2ccc3c(c2)COB3O)cc1. The zero-order chi connectivity index (χ0) is 46.5. The molecule has 0 aromatic heterocycles. The van der Waals surface area contributed by atoms with Crippen LogP contribution in [0.3, 0.4) is 0 Å². The minimum atomic E-state index is -1.09. The summed E-state index contributed by atoms with van der Waals surface area (Å²) < 4.78 is 31.9. The molecule has 0 bridgehead atoms. The zero-order valence-corrected chi connectivity index (χ0v) is 36.7. The van der Waals surface area contributed by atoms with E-state index in [1.165, 1.54) is 6.92 Å². The first kappa shape index (κ1) is 52.2. The van der Waals surface area contributed by atoms with Crippen molar-refractivity contribution in [3.63, 3.8) is 0 Å². The van der Waals surface area contributed by atoms with Crippen LogP contribution in [-0.4, -0.2) is 76.7 Å². The Morgan fingerprint density at radius 3 is 1.44 bits per heavy atom. The highest BCUT2D eigenvalue weighted by atomic mass is 16.6. The van der Waals surface area contributed by atoms with Crippen molar-refractivity contribution >= 4 is 49.2 Å². The molecule has 64 heavy (non-hydrogen) atoms. The second kappa shape index (κ2) is 23.5. The van der Waals surface area contributed by atoms with Crippen LogP contribution in [-0.2, 0) is 54.7 Å². The molecular weight excluding hydrogens is 826 g/mol. The van der Waals surface area contributed by atoms with Crippen molar-refractivity contribution in [1.29, 1.82) is 0 Å². The number of aliphatic carboxylic acids is 1. The number of carboxylic acid groups (broad SMARTS) is 1. The summed E-state index contributed by atoms with van der Waals surface area (Å²) in [5, 5.41) is 35.2. The number of nitrogens with two attached hydrogens (primary N) is 1. The van der Waals surface area contributed by atoms with Crippen molar-refractivity contribution in [3.8, 4) is 23.0 Å². The molecule has 17 nitrogen and oxygen atoms in total. The molecule has 0 saturated carbocycles. The molecule has 2 unspecified atom stereocenters. The van der Waals surface area contributed by atoms with Crippen LogP contribution in [0.15, 0.2) is 84.9 Å². The van der Waals surface area contributed by atoms with Crippen molar-refractivity contribution in [1.82, 2.24) is 16.0 Å². The number of carbonyl (C=O) groups excluding carboxylic acids is 3. The molecule has 4 aromatic carbocycles. The number of carbonyl (C=O) groups is 4. The third-order valence-electron chi connectivity index (χ3n) is 8.81. The Morgan fingerprint density at radius 1 is 0.656 bits per heavy atom. The number of carboxylic acids is 1. The van der Waals surface area contributed by atoms with Gasteiger partial charge in [-0.15, -0.1) is 0 Å². The average molecular weight is 887 g/mol. The number of alkyl carbamates (subject to hydrolysis) is 2. The molecule has 0 spiro atoms. The van der Waals surface area contributed by atoms with Gasteiger partial charge in [-0.2, -0.15) is 0 Å². The van der Waals surface area contributed by atoms with Crippen molar-refractivity contribution in [2.45, 2.75) is 112 Å². The third-order valence-corrected chi connectivity index (χ3v) is 8.81. The lowest BCUT2D eigenvalue weighted by Crippen LogP contribution is -2.46. The van der Waals surface area contributed by atoms with E-state index >= 15 is 0 Å². The average Bonchev–Trinajstić information content (AvgIpc) is 3.77. The summed E-state index contributed by atoms with van der Waals surface area (Å²) >= 11 is 0. The van der Waals surface area contributed by atoms with Crippen LogP contribution < -0.4 is 42.1 Å². The molecule has 344 valence electrons. The van der Waals surface area contributed by atoms with Gasteiger partial charge in [-0.3, -0.25) is 9.59 Å². The molecule has 0 saturated heterocycles. The van der Waals surface area contributed by atoms with E-state index < -0.39 is 55.7 Å². The van der Waals surface area contributed by atoms with Crippen molar-refractivity contribution < 1.29 is 62.6 Å². The van der Waals surface area contributed by atoms with E-state index in [2.05, 4.69) is 16.0 Å². The first-order chi connectivity index (χ1) is 29.6. The number of amides is 3. The fourth-order valence-electron chi connectivity index (χ4n) is 5.62. The van der Waals surface area contributed by atoms with Gasteiger partial charge in [0.25, 0.3) is 0 Å². The van der Waals surface area contributed by atoms with Crippen LogP contribution in [0.1, 0.15) is 85.1 Å². The van der Waals surface area contributed by atoms with Gasteiger partial charge < -0.3 is 65.1 Å². The van der Waals surface area contributed by atoms with Gasteiger partial charge in [0.2, 0.25) is 5.91 Å². The minimum absolute atomic E-state index is 0. The predicted octanol–water partition coefficient (Wildman–Crippen LogP) is 5.00. The maximum absolute atomic E-state index is 12.2. The molecule has 2 heterocycles. The van der Waals surface area contributed by atoms with E-state index in [1.807, 2.05) is 72.8 Å². The lowest BCUT2D eigenvalue weighted by Gasteiger charge is -2.21. The highest BCUT2D eigenvalue weighted by Gasteiger charge is 2.28. The topological polar surface area (TPSA) is 246 Å². The Kier molecular flexibility index (Phi) is 19.2. The third kappa shape index (κ3) is 17.2. The van der Waals surface area contributed by atoms with E-state index in [0.717, 1.165) is 44.7 Å². The summed E-state index contributed by atoms with van der Waals surface area (Å²) in [6.45, 7) is 15.0. The molecule has 0 aliphatic carbocycles. The predicted molar refractivity (Wildman–Crippen MR) is 242 cm³/mol. The molecule has 0 radical (unpaired) electrons. The van der Waals surface area contributed by atoms with Crippen molar-refractivity contribution in [3.05, 3.63) is 107 Å².